The van der Waals surface area contributed by atoms with Gasteiger partial charge in [0.1, 0.15) is 6.04 Å². The average Bonchev–Trinajstić information content (AvgIpc) is 2.37. The highest BCUT2D eigenvalue weighted by molar-refractivity contribution is 5.83. The summed E-state index contributed by atoms with van der Waals surface area (Å²) in [7, 11) is 0. The van der Waals surface area contributed by atoms with Crippen molar-refractivity contribution in [3.8, 4) is 0 Å². The molecule has 98 valence electrons. The van der Waals surface area contributed by atoms with E-state index in [0.717, 1.165) is 12.1 Å². The second-order valence-corrected chi connectivity index (χ2v) is 4.07. The molecule has 1 aromatic rings. The maximum Gasteiger partial charge on any atom is 0.326 e. The fourth-order valence-corrected chi connectivity index (χ4v) is 1.60. The van der Waals surface area contributed by atoms with Crippen molar-refractivity contribution in [2.24, 2.45) is 0 Å². The molecule has 0 bridgehead atoms. The van der Waals surface area contributed by atoms with E-state index in [1.807, 2.05) is 25.1 Å². The molecule has 1 heterocycles. The summed E-state index contributed by atoms with van der Waals surface area (Å²) in [6, 6.07) is 4.72. The van der Waals surface area contributed by atoms with Gasteiger partial charge in [-0.3, -0.25) is 9.78 Å². The maximum absolute atomic E-state index is 11.6. The van der Waals surface area contributed by atoms with Crippen LogP contribution < -0.4 is 5.32 Å². The van der Waals surface area contributed by atoms with Gasteiger partial charge < -0.3 is 10.4 Å². The Morgan fingerprint density at radius 1 is 1.44 bits per heavy atom. The van der Waals surface area contributed by atoms with E-state index in [0.29, 0.717) is 12.8 Å². The number of carbonyl (C=O) groups excluding carboxylic acids is 1. The third kappa shape index (κ3) is 4.95. The quantitative estimate of drug-likeness (QED) is 0.766. The molecule has 2 N–H and O–H groups in total. The Morgan fingerprint density at radius 2 is 2.22 bits per heavy atom. The van der Waals surface area contributed by atoms with Crippen molar-refractivity contribution < 1.29 is 14.7 Å². The zero-order valence-corrected chi connectivity index (χ0v) is 10.4. The van der Waals surface area contributed by atoms with Gasteiger partial charge in [-0.25, -0.2) is 4.79 Å². The standard InChI is InChI=1S/C13H18N2O3/c1-2-5-11(13(17)18)15-12(16)8-7-10-6-3-4-9-14-10/h3-4,6,9,11H,2,5,7-8H2,1H3,(H,15,16)(H,17,18). The number of pyridine rings is 1. The van der Waals surface area contributed by atoms with E-state index in [4.69, 9.17) is 5.11 Å². The molecule has 0 saturated carbocycles. The highest BCUT2D eigenvalue weighted by Gasteiger charge is 2.18. The zero-order chi connectivity index (χ0) is 13.4. The van der Waals surface area contributed by atoms with E-state index >= 15 is 0 Å². The van der Waals surface area contributed by atoms with Gasteiger partial charge in [-0.1, -0.05) is 19.4 Å². The number of nitrogens with zero attached hydrogens (tertiary/aromatic N) is 1. The SMILES string of the molecule is CCCC(NC(=O)CCc1ccccn1)C(=O)O. The fraction of sp³-hybridized carbons (Fsp3) is 0.462. The summed E-state index contributed by atoms with van der Waals surface area (Å²) in [5, 5.41) is 11.4. The summed E-state index contributed by atoms with van der Waals surface area (Å²) in [6.45, 7) is 1.88. The second kappa shape index (κ2) is 7.42. The van der Waals surface area contributed by atoms with Crippen molar-refractivity contribution in [3.63, 3.8) is 0 Å². The number of rotatable bonds is 7. The Hall–Kier alpha value is -1.91. The lowest BCUT2D eigenvalue weighted by Crippen LogP contribution is -2.40. The number of aliphatic carboxylic acids is 1. The first-order chi connectivity index (χ1) is 8.63. The Labute approximate surface area is 106 Å². The summed E-state index contributed by atoms with van der Waals surface area (Å²) in [5.74, 6) is -1.23. The monoisotopic (exact) mass is 250 g/mol. The predicted molar refractivity (Wildman–Crippen MR) is 67.0 cm³/mol. The molecule has 0 aromatic carbocycles. The molecular formula is C13H18N2O3. The molecule has 0 fully saturated rings. The minimum atomic E-state index is -0.983. The Kier molecular flexibility index (Phi) is 5.84. The minimum absolute atomic E-state index is 0.249. The van der Waals surface area contributed by atoms with Crippen LogP contribution in [0.1, 0.15) is 31.9 Å². The maximum atomic E-state index is 11.6. The number of carboxylic acid groups (broad SMARTS) is 1. The molecule has 1 amide bonds. The van der Waals surface area contributed by atoms with E-state index in [2.05, 4.69) is 10.3 Å². The minimum Gasteiger partial charge on any atom is -0.480 e. The summed E-state index contributed by atoms with van der Waals surface area (Å²) in [6.07, 6.45) is 3.61. The van der Waals surface area contributed by atoms with Crippen LogP contribution in [0.3, 0.4) is 0 Å². The van der Waals surface area contributed by atoms with Crippen molar-refractivity contribution in [2.45, 2.75) is 38.6 Å². The molecule has 0 aliphatic heterocycles. The fourth-order valence-electron chi connectivity index (χ4n) is 1.60. The van der Waals surface area contributed by atoms with Crippen LogP contribution in [0.15, 0.2) is 24.4 Å². The number of nitrogens with one attached hydrogen (secondary N) is 1. The number of carboxylic acids is 1. The van der Waals surface area contributed by atoms with E-state index in [1.54, 1.807) is 6.20 Å². The molecule has 1 aromatic heterocycles. The molecule has 0 saturated heterocycles. The van der Waals surface area contributed by atoms with Crippen molar-refractivity contribution in [1.82, 2.24) is 10.3 Å². The number of amides is 1. The van der Waals surface area contributed by atoms with Gasteiger partial charge in [-0.05, 0) is 25.0 Å². The molecular weight excluding hydrogens is 232 g/mol. The van der Waals surface area contributed by atoms with Crippen molar-refractivity contribution in [1.29, 1.82) is 0 Å². The molecule has 0 spiro atoms. The lowest BCUT2D eigenvalue weighted by atomic mass is 10.1. The van der Waals surface area contributed by atoms with E-state index in [1.165, 1.54) is 0 Å². The van der Waals surface area contributed by atoms with Crippen molar-refractivity contribution in [2.75, 3.05) is 0 Å². The third-order valence-electron chi connectivity index (χ3n) is 2.55. The van der Waals surface area contributed by atoms with Crippen molar-refractivity contribution in [3.05, 3.63) is 30.1 Å². The molecule has 1 unspecified atom stereocenters. The Bertz CT molecular complexity index is 392. The first-order valence-corrected chi connectivity index (χ1v) is 6.05. The third-order valence-corrected chi connectivity index (χ3v) is 2.55. The zero-order valence-electron chi connectivity index (χ0n) is 10.4. The smallest absolute Gasteiger partial charge is 0.326 e. The molecule has 5 heteroatoms. The first kappa shape index (κ1) is 14.2. The van der Waals surface area contributed by atoms with Crippen molar-refractivity contribution >= 4 is 11.9 Å². The lowest BCUT2D eigenvalue weighted by molar-refractivity contribution is -0.142. The highest BCUT2D eigenvalue weighted by atomic mass is 16.4. The van der Waals surface area contributed by atoms with Crippen LogP contribution in [0.2, 0.25) is 0 Å². The summed E-state index contributed by atoms with van der Waals surface area (Å²) < 4.78 is 0. The van der Waals surface area contributed by atoms with Gasteiger partial charge in [0.25, 0.3) is 0 Å². The van der Waals surface area contributed by atoms with Crippen LogP contribution in [0.25, 0.3) is 0 Å². The summed E-state index contributed by atoms with van der Waals surface area (Å²) in [5.41, 5.74) is 0.829. The van der Waals surface area contributed by atoms with E-state index < -0.39 is 12.0 Å². The molecule has 1 rings (SSSR count). The van der Waals surface area contributed by atoms with E-state index in [9.17, 15) is 9.59 Å². The molecule has 0 radical (unpaired) electrons. The number of aromatic nitrogens is 1. The van der Waals surface area contributed by atoms with Gasteiger partial charge in [-0.15, -0.1) is 0 Å². The highest BCUT2D eigenvalue weighted by Crippen LogP contribution is 2.01. The number of aryl methyl sites for hydroxylation is 1. The Balaban J connectivity index is 2.39. The number of hydrogen-bond donors (Lipinski definition) is 2. The molecule has 18 heavy (non-hydrogen) atoms. The van der Waals surface area contributed by atoms with Crippen LogP contribution in [-0.2, 0) is 16.0 Å². The lowest BCUT2D eigenvalue weighted by Gasteiger charge is -2.13. The van der Waals surface area contributed by atoms with Gasteiger partial charge in [0.15, 0.2) is 0 Å². The molecule has 5 nitrogen and oxygen atoms in total. The van der Waals surface area contributed by atoms with Gasteiger partial charge in [0.05, 0.1) is 0 Å². The molecule has 0 aliphatic carbocycles. The topological polar surface area (TPSA) is 79.3 Å². The number of hydrogen-bond acceptors (Lipinski definition) is 3. The average molecular weight is 250 g/mol. The van der Waals surface area contributed by atoms with Crippen LogP contribution in [0, 0.1) is 0 Å². The second-order valence-electron chi connectivity index (χ2n) is 4.07. The predicted octanol–water partition coefficient (Wildman–Crippen LogP) is 1.38. The van der Waals surface area contributed by atoms with Crippen LogP contribution in [0.5, 0.6) is 0 Å². The number of carbonyl (C=O) groups is 2. The van der Waals surface area contributed by atoms with Gasteiger partial charge >= 0.3 is 5.97 Å². The normalized spacial score (nSPS) is 11.8. The summed E-state index contributed by atoms with van der Waals surface area (Å²) >= 11 is 0. The van der Waals surface area contributed by atoms with Crippen LogP contribution in [-0.4, -0.2) is 28.0 Å². The van der Waals surface area contributed by atoms with Gasteiger partial charge in [0.2, 0.25) is 5.91 Å². The van der Waals surface area contributed by atoms with Crippen LogP contribution >= 0.6 is 0 Å². The molecule has 0 aliphatic rings. The Morgan fingerprint density at radius 3 is 2.78 bits per heavy atom. The van der Waals surface area contributed by atoms with Gasteiger partial charge in [-0.2, -0.15) is 0 Å². The van der Waals surface area contributed by atoms with E-state index in [-0.39, 0.29) is 12.3 Å². The largest absolute Gasteiger partial charge is 0.480 e. The first-order valence-electron chi connectivity index (χ1n) is 6.05. The van der Waals surface area contributed by atoms with Crippen LogP contribution in [0.4, 0.5) is 0 Å². The summed E-state index contributed by atoms with van der Waals surface area (Å²) in [4.78, 5) is 26.6. The van der Waals surface area contributed by atoms with Gasteiger partial charge in [0, 0.05) is 18.3 Å². The molecule has 1 atom stereocenters.